The van der Waals surface area contributed by atoms with Crippen molar-refractivity contribution in [1.29, 1.82) is 0 Å². The lowest BCUT2D eigenvalue weighted by Gasteiger charge is -2.09. The van der Waals surface area contributed by atoms with Gasteiger partial charge >= 0.3 is 0 Å². The third-order valence-corrected chi connectivity index (χ3v) is 4.96. The first kappa shape index (κ1) is 21.4. The van der Waals surface area contributed by atoms with E-state index in [-0.39, 0.29) is 18.3 Å². The summed E-state index contributed by atoms with van der Waals surface area (Å²) in [6.45, 7) is 7.14. The molecule has 0 bridgehead atoms. The zero-order chi connectivity index (χ0) is 21.2. The summed E-state index contributed by atoms with van der Waals surface area (Å²) in [5.74, 6) is 2.29. The number of para-hydroxylation sites is 1. The number of thioether (sulfide) groups is 1. The molecule has 30 heavy (non-hydrogen) atoms. The van der Waals surface area contributed by atoms with E-state index in [2.05, 4.69) is 22.1 Å². The van der Waals surface area contributed by atoms with Gasteiger partial charge in [0.15, 0.2) is 11.0 Å². The molecule has 1 N–H and O–H groups in total. The number of hydrogen-bond donors (Lipinski definition) is 1. The highest BCUT2D eigenvalue weighted by atomic mass is 32.2. The normalized spacial score (nSPS) is 10.4. The number of nitrogens with zero attached hydrogens (tertiary/aromatic N) is 3. The van der Waals surface area contributed by atoms with Crippen LogP contribution in [0.25, 0.3) is 0 Å². The average Bonchev–Trinajstić information content (AvgIpc) is 3.15. The molecule has 2 aromatic carbocycles. The number of allylic oxidation sites excluding steroid dienone is 1. The van der Waals surface area contributed by atoms with Crippen molar-refractivity contribution in [3.8, 4) is 11.5 Å². The van der Waals surface area contributed by atoms with Crippen LogP contribution in [0, 0.1) is 0 Å². The molecule has 0 radical (unpaired) electrons. The van der Waals surface area contributed by atoms with Gasteiger partial charge in [0.05, 0.1) is 12.4 Å². The minimum Gasteiger partial charge on any atom is -0.494 e. The molecule has 0 aliphatic rings. The molecule has 0 aliphatic carbocycles. The summed E-state index contributed by atoms with van der Waals surface area (Å²) in [6, 6.07) is 16.8. The first-order chi connectivity index (χ1) is 14.7. The topological polar surface area (TPSA) is 78.3 Å². The molecule has 8 heteroatoms. The largest absolute Gasteiger partial charge is 0.494 e. The van der Waals surface area contributed by atoms with Crippen LogP contribution >= 0.6 is 11.8 Å². The number of aromatic nitrogens is 3. The summed E-state index contributed by atoms with van der Waals surface area (Å²) in [7, 11) is 0. The molecule has 7 nitrogen and oxygen atoms in total. The van der Waals surface area contributed by atoms with Gasteiger partial charge < -0.3 is 14.8 Å². The molecule has 0 saturated heterocycles. The van der Waals surface area contributed by atoms with Crippen LogP contribution in [0.1, 0.15) is 12.7 Å². The molecule has 3 rings (SSSR count). The Kier molecular flexibility index (Phi) is 7.91. The van der Waals surface area contributed by atoms with E-state index in [0.717, 1.165) is 11.5 Å². The first-order valence-corrected chi connectivity index (χ1v) is 10.5. The molecule has 0 fully saturated rings. The Morgan fingerprint density at radius 3 is 2.53 bits per heavy atom. The monoisotopic (exact) mass is 424 g/mol. The number of benzene rings is 2. The van der Waals surface area contributed by atoms with Crippen molar-refractivity contribution in [3.63, 3.8) is 0 Å². The highest BCUT2D eigenvalue weighted by molar-refractivity contribution is 7.99. The van der Waals surface area contributed by atoms with Crippen molar-refractivity contribution < 1.29 is 14.3 Å². The van der Waals surface area contributed by atoms with E-state index in [9.17, 15) is 4.79 Å². The molecule has 3 aromatic rings. The maximum Gasteiger partial charge on any atom is 0.234 e. The van der Waals surface area contributed by atoms with Crippen molar-refractivity contribution in [1.82, 2.24) is 14.8 Å². The molecule has 0 atom stereocenters. The fraction of sp³-hybridized carbons (Fsp3) is 0.227. The Morgan fingerprint density at radius 1 is 1.10 bits per heavy atom. The van der Waals surface area contributed by atoms with Crippen LogP contribution in [0.5, 0.6) is 11.5 Å². The first-order valence-electron chi connectivity index (χ1n) is 9.56. The molecular formula is C22H24N4O3S. The van der Waals surface area contributed by atoms with Gasteiger partial charge in [-0.3, -0.25) is 9.36 Å². The maximum absolute atomic E-state index is 12.3. The molecule has 156 valence electrons. The quantitative estimate of drug-likeness (QED) is 0.368. The predicted octanol–water partition coefficient (Wildman–Crippen LogP) is 4.17. The van der Waals surface area contributed by atoms with Crippen molar-refractivity contribution in [2.45, 2.75) is 25.2 Å². The van der Waals surface area contributed by atoms with Gasteiger partial charge in [-0.1, -0.05) is 36.0 Å². The SMILES string of the molecule is C=CCn1c(COc2ccccc2)nnc1SCC(=O)Nc1ccc(OCC)cc1. The van der Waals surface area contributed by atoms with Crippen LogP contribution in [0.15, 0.2) is 72.4 Å². The third kappa shape index (κ3) is 6.12. The Hall–Kier alpha value is -3.26. The van der Waals surface area contributed by atoms with Crippen LogP contribution < -0.4 is 14.8 Å². The number of amides is 1. The minimum absolute atomic E-state index is 0.126. The lowest BCUT2D eigenvalue weighted by atomic mass is 10.3. The van der Waals surface area contributed by atoms with Gasteiger partial charge in [-0.15, -0.1) is 16.8 Å². The highest BCUT2D eigenvalue weighted by Crippen LogP contribution is 2.20. The van der Waals surface area contributed by atoms with Crippen LogP contribution in [0.3, 0.4) is 0 Å². The zero-order valence-electron chi connectivity index (χ0n) is 16.8. The van der Waals surface area contributed by atoms with Gasteiger partial charge in [0.2, 0.25) is 5.91 Å². The standard InChI is InChI=1S/C22H24N4O3S/c1-3-14-26-20(15-29-18-8-6-5-7-9-18)24-25-22(26)30-16-21(27)23-17-10-12-19(13-11-17)28-4-2/h3,5-13H,1,4,14-16H2,2H3,(H,23,27). The Morgan fingerprint density at radius 2 is 1.83 bits per heavy atom. The Labute approximate surface area is 180 Å². The van der Waals surface area contributed by atoms with Gasteiger partial charge in [-0.2, -0.15) is 0 Å². The maximum atomic E-state index is 12.3. The second-order valence-corrected chi connectivity index (χ2v) is 7.14. The summed E-state index contributed by atoms with van der Waals surface area (Å²) < 4.78 is 13.1. The van der Waals surface area contributed by atoms with Gasteiger partial charge in [0, 0.05) is 12.2 Å². The lowest BCUT2D eigenvalue weighted by Crippen LogP contribution is -2.15. The summed E-state index contributed by atoms with van der Waals surface area (Å²) in [6.07, 6.45) is 1.76. The second-order valence-electron chi connectivity index (χ2n) is 6.19. The van der Waals surface area contributed by atoms with E-state index < -0.39 is 0 Å². The van der Waals surface area contributed by atoms with Crippen LogP contribution in [-0.4, -0.2) is 33.0 Å². The molecule has 0 spiro atoms. The van der Waals surface area contributed by atoms with Gasteiger partial charge in [0.25, 0.3) is 0 Å². The Bertz CT molecular complexity index is 958. The molecule has 1 heterocycles. The number of rotatable bonds is 11. The van der Waals surface area contributed by atoms with E-state index in [1.165, 1.54) is 11.8 Å². The molecule has 0 unspecified atom stereocenters. The summed E-state index contributed by atoms with van der Waals surface area (Å²) in [5.41, 5.74) is 0.716. The fourth-order valence-corrected chi connectivity index (χ4v) is 3.40. The summed E-state index contributed by atoms with van der Waals surface area (Å²) >= 11 is 1.32. The fourth-order valence-electron chi connectivity index (χ4n) is 2.64. The van der Waals surface area contributed by atoms with Crippen molar-refractivity contribution in [2.24, 2.45) is 0 Å². The lowest BCUT2D eigenvalue weighted by molar-refractivity contribution is -0.113. The van der Waals surface area contributed by atoms with Gasteiger partial charge in [0.1, 0.15) is 18.1 Å². The molecule has 0 aliphatic heterocycles. The number of carbonyl (C=O) groups is 1. The summed E-state index contributed by atoms with van der Waals surface area (Å²) in [4.78, 5) is 12.3. The van der Waals surface area contributed by atoms with Gasteiger partial charge in [-0.25, -0.2) is 0 Å². The Balaban J connectivity index is 1.56. The smallest absolute Gasteiger partial charge is 0.234 e. The van der Waals surface area contributed by atoms with Crippen molar-refractivity contribution in [3.05, 3.63) is 73.1 Å². The second kappa shape index (κ2) is 11.1. The molecule has 0 saturated carbocycles. The van der Waals surface area contributed by atoms with Crippen molar-refractivity contribution in [2.75, 3.05) is 17.7 Å². The highest BCUT2D eigenvalue weighted by Gasteiger charge is 2.14. The molecule has 1 amide bonds. The number of carbonyl (C=O) groups excluding carboxylic acids is 1. The average molecular weight is 425 g/mol. The van der Waals surface area contributed by atoms with E-state index in [1.54, 1.807) is 6.08 Å². The molecular weight excluding hydrogens is 400 g/mol. The third-order valence-electron chi connectivity index (χ3n) is 4.00. The molecule has 1 aromatic heterocycles. The number of nitrogens with one attached hydrogen (secondary N) is 1. The zero-order valence-corrected chi connectivity index (χ0v) is 17.6. The van der Waals surface area contributed by atoms with Crippen LogP contribution in [0.4, 0.5) is 5.69 Å². The number of anilines is 1. The number of hydrogen-bond acceptors (Lipinski definition) is 6. The number of ether oxygens (including phenoxy) is 2. The van der Waals surface area contributed by atoms with Crippen LogP contribution in [-0.2, 0) is 17.9 Å². The van der Waals surface area contributed by atoms with Gasteiger partial charge in [-0.05, 0) is 43.3 Å². The van der Waals surface area contributed by atoms with Crippen LogP contribution in [0.2, 0.25) is 0 Å². The van der Waals surface area contributed by atoms with E-state index in [1.807, 2.05) is 66.1 Å². The predicted molar refractivity (Wildman–Crippen MR) is 118 cm³/mol. The minimum atomic E-state index is -0.126. The van der Waals surface area contributed by atoms with Crippen molar-refractivity contribution >= 4 is 23.4 Å². The summed E-state index contributed by atoms with van der Waals surface area (Å²) in [5, 5.41) is 11.9. The van der Waals surface area contributed by atoms with E-state index in [0.29, 0.717) is 29.8 Å². The van der Waals surface area contributed by atoms with E-state index >= 15 is 0 Å². The van der Waals surface area contributed by atoms with E-state index in [4.69, 9.17) is 9.47 Å².